The summed E-state index contributed by atoms with van der Waals surface area (Å²) in [6, 6.07) is 8.90. The average Bonchev–Trinajstić information content (AvgIpc) is 2.83. The van der Waals surface area contributed by atoms with Crippen molar-refractivity contribution in [1.82, 2.24) is 4.90 Å². The molecule has 2 fully saturated rings. The first-order valence-electron chi connectivity index (χ1n) is 7.72. The molecule has 0 aliphatic carbocycles. The molecule has 2 heterocycles. The van der Waals surface area contributed by atoms with Crippen LogP contribution < -0.4 is 4.90 Å². The number of carbonyl (C=O) groups is 1. The zero-order valence-electron chi connectivity index (χ0n) is 12.2. The summed E-state index contributed by atoms with van der Waals surface area (Å²) in [7, 11) is 0. The fraction of sp³-hybridized carbons (Fsp3) is 0.471. The molecule has 112 valence electrons. The lowest BCUT2D eigenvalue weighted by Gasteiger charge is -2.27. The summed E-state index contributed by atoms with van der Waals surface area (Å²) in [5.74, 6) is -0.909. The van der Waals surface area contributed by atoms with Crippen LogP contribution in [0.25, 0.3) is 6.08 Å². The van der Waals surface area contributed by atoms with Gasteiger partial charge in [0.1, 0.15) is 0 Å². The van der Waals surface area contributed by atoms with Crippen molar-refractivity contribution >= 4 is 17.7 Å². The maximum absolute atomic E-state index is 10.5. The molecular weight excluding hydrogens is 264 g/mol. The minimum atomic E-state index is -0.909. The summed E-state index contributed by atoms with van der Waals surface area (Å²) in [4.78, 5) is 15.6. The third-order valence-corrected chi connectivity index (χ3v) is 4.48. The molecule has 1 aromatic carbocycles. The van der Waals surface area contributed by atoms with Crippen molar-refractivity contribution in [2.45, 2.75) is 25.3 Å². The molecule has 0 spiro atoms. The number of anilines is 1. The summed E-state index contributed by atoms with van der Waals surface area (Å²) in [6.07, 6.45) is 6.68. The highest BCUT2D eigenvalue weighted by atomic mass is 16.4. The maximum Gasteiger partial charge on any atom is 0.328 e. The first-order chi connectivity index (χ1) is 10.2. The van der Waals surface area contributed by atoms with Crippen molar-refractivity contribution in [2.75, 3.05) is 31.1 Å². The van der Waals surface area contributed by atoms with E-state index in [2.05, 4.69) is 21.9 Å². The number of hydrogen-bond acceptors (Lipinski definition) is 3. The van der Waals surface area contributed by atoms with Gasteiger partial charge >= 0.3 is 5.97 Å². The number of benzene rings is 1. The predicted octanol–water partition coefficient (Wildman–Crippen LogP) is 2.46. The number of nitrogens with zero attached hydrogens (tertiary/aromatic N) is 2. The molecule has 1 unspecified atom stereocenters. The zero-order chi connectivity index (χ0) is 14.7. The molecule has 1 N–H and O–H groups in total. The third-order valence-electron chi connectivity index (χ3n) is 4.48. The summed E-state index contributed by atoms with van der Waals surface area (Å²) in [5.41, 5.74) is 2.18. The van der Waals surface area contributed by atoms with E-state index in [-0.39, 0.29) is 0 Å². The highest BCUT2D eigenvalue weighted by molar-refractivity contribution is 5.85. The molecule has 1 aromatic rings. The van der Waals surface area contributed by atoms with Crippen LogP contribution in [0.15, 0.2) is 30.3 Å². The van der Waals surface area contributed by atoms with E-state index in [0.717, 1.165) is 18.7 Å². The van der Waals surface area contributed by atoms with Crippen molar-refractivity contribution in [3.63, 3.8) is 0 Å². The van der Waals surface area contributed by atoms with Crippen LogP contribution in [0, 0.1) is 0 Å². The number of fused-ring (bicyclic) bond motifs is 1. The highest BCUT2D eigenvalue weighted by Gasteiger charge is 2.28. The molecule has 2 aliphatic heterocycles. The topological polar surface area (TPSA) is 43.8 Å². The Morgan fingerprint density at radius 1 is 1.14 bits per heavy atom. The van der Waals surface area contributed by atoms with Crippen molar-refractivity contribution in [2.24, 2.45) is 0 Å². The van der Waals surface area contributed by atoms with Gasteiger partial charge in [0, 0.05) is 37.4 Å². The molecule has 2 saturated heterocycles. The van der Waals surface area contributed by atoms with Gasteiger partial charge in [-0.1, -0.05) is 12.1 Å². The van der Waals surface area contributed by atoms with Crippen molar-refractivity contribution in [3.8, 4) is 0 Å². The van der Waals surface area contributed by atoms with Gasteiger partial charge in [-0.25, -0.2) is 4.79 Å². The molecular formula is C17H22N2O2. The van der Waals surface area contributed by atoms with Gasteiger partial charge in [0.05, 0.1) is 0 Å². The lowest BCUT2D eigenvalue weighted by Crippen LogP contribution is -2.36. The van der Waals surface area contributed by atoms with Gasteiger partial charge in [0.2, 0.25) is 0 Å². The van der Waals surface area contributed by atoms with E-state index in [9.17, 15) is 4.79 Å². The van der Waals surface area contributed by atoms with Gasteiger partial charge in [-0.2, -0.15) is 0 Å². The monoisotopic (exact) mass is 286 g/mol. The van der Waals surface area contributed by atoms with Crippen LogP contribution in [0.1, 0.15) is 24.8 Å². The minimum Gasteiger partial charge on any atom is -0.478 e. The Balaban J connectivity index is 1.69. The molecule has 2 aliphatic rings. The largest absolute Gasteiger partial charge is 0.478 e. The standard InChI is InChI=1S/C17H22N2O2/c20-17(21)9-6-14-4-7-15(8-5-14)19-12-2-11-18-10-1-3-16(18)13-19/h4-9,16H,1-3,10-13H2,(H,20,21). The fourth-order valence-electron chi connectivity index (χ4n) is 3.40. The van der Waals surface area contributed by atoms with Gasteiger partial charge in [-0.05, 0) is 49.6 Å². The summed E-state index contributed by atoms with van der Waals surface area (Å²) < 4.78 is 0. The van der Waals surface area contributed by atoms with Crippen LogP contribution in [-0.4, -0.2) is 48.2 Å². The Labute approximate surface area is 125 Å². The second-order valence-electron chi connectivity index (χ2n) is 5.89. The summed E-state index contributed by atoms with van der Waals surface area (Å²) >= 11 is 0. The fourth-order valence-corrected chi connectivity index (χ4v) is 3.40. The molecule has 4 nitrogen and oxygen atoms in total. The van der Waals surface area contributed by atoms with E-state index in [1.807, 2.05) is 12.1 Å². The van der Waals surface area contributed by atoms with E-state index in [1.54, 1.807) is 6.08 Å². The second kappa shape index (κ2) is 6.31. The number of rotatable bonds is 3. The van der Waals surface area contributed by atoms with Crippen LogP contribution in [-0.2, 0) is 4.79 Å². The van der Waals surface area contributed by atoms with Crippen LogP contribution in [0.4, 0.5) is 5.69 Å². The Hall–Kier alpha value is -1.81. The Morgan fingerprint density at radius 3 is 2.67 bits per heavy atom. The first kappa shape index (κ1) is 14.1. The predicted molar refractivity (Wildman–Crippen MR) is 84.5 cm³/mol. The molecule has 0 saturated carbocycles. The van der Waals surface area contributed by atoms with Crippen molar-refractivity contribution in [1.29, 1.82) is 0 Å². The average molecular weight is 286 g/mol. The molecule has 0 radical (unpaired) electrons. The van der Waals surface area contributed by atoms with Crippen LogP contribution in [0.5, 0.6) is 0 Å². The van der Waals surface area contributed by atoms with E-state index in [4.69, 9.17) is 5.11 Å². The van der Waals surface area contributed by atoms with Gasteiger partial charge in [0.15, 0.2) is 0 Å². The number of aliphatic carboxylic acids is 1. The first-order valence-corrected chi connectivity index (χ1v) is 7.72. The molecule has 4 heteroatoms. The Morgan fingerprint density at radius 2 is 1.90 bits per heavy atom. The molecule has 3 rings (SSSR count). The molecule has 0 aromatic heterocycles. The van der Waals surface area contributed by atoms with Crippen molar-refractivity contribution in [3.05, 3.63) is 35.9 Å². The normalized spacial score (nSPS) is 23.2. The molecule has 1 atom stereocenters. The van der Waals surface area contributed by atoms with E-state index >= 15 is 0 Å². The van der Waals surface area contributed by atoms with Gasteiger partial charge in [0.25, 0.3) is 0 Å². The Kier molecular flexibility index (Phi) is 4.25. The quantitative estimate of drug-likeness (QED) is 0.867. The molecule has 0 bridgehead atoms. The smallest absolute Gasteiger partial charge is 0.328 e. The van der Waals surface area contributed by atoms with Crippen LogP contribution in [0.2, 0.25) is 0 Å². The second-order valence-corrected chi connectivity index (χ2v) is 5.89. The number of carboxylic acid groups (broad SMARTS) is 1. The zero-order valence-corrected chi connectivity index (χ0v) is 12.2. The van der Waals surface area contributed by atoms with E-state index in [0.29, 0.717) is 6.04 Å². The summed E-state index contributed by atoms with van der Waals surface area (Å²) in [5, 5.41) is 8.65. The third kappa shape index (κ3) is 3.45. The van der Waals surface area contributed by atoms with Crippen LogP contribution >= 0.6 is 0 Å². The lowest BCUT2D eigenvalue weighted by molar-refractivity contribution is -0.131. The van der Waals surface area contributed by atoms with Gasteiger partial charge in [-0.15, -0.1) is 0 Å². The van der Waals surface area contributed by atoms with E-state index in [1.165, 1.54) is 44.1 Å². The number of carboxylic acids is 1. The van der Waals surface area contributed by atoms with Crippen molar-refractivity contribution < 1.29 is 9.90 Å². The maximum atomic E-state index is 10.5. The van der Waals surface area contributed by atoms with Gasteiger partial charge in [-0.3, -0.25) is 4.90 Å². The summed E-state index contributed by atoms with van der Waals surface area (Å²) in [6.45, 7) is 4.71. The van der Waals surface area contributed by atoms with Gasteiger partial charge < -0.3 is 10.0 Å². The molecule has 0 amide bonds. The highest BCUT2D eigenvalue weighted by Crippen LogP contribution is 2.25. The SMILES string of the molecule is O=C(O)C=Cc1ccc(N2CCCN3CCCC3C2)cc1. The van der Waals surface area contributed by atoms with E-state index < -0.39 is 5.97 Å². The lowest BCUT2D eigenvalue weighted by atomic mass is 10.1. The molecule has 21 heavy (non-hydrogen) atoms. The minimum absolute atomic E-state index is 0.707. The number of hydrogen-bond donors (Lipinski definition) is 1. The Bertz CT molecular complexity index is 524. The van der Waals surface area contributed by atoms with Crippen LogP contribution in [0.3, 0.4) is 0 Å².